The molecule has 3 nitrogen and oxygen atoms in total. The van der Waals surface area contributed by atoms with Gasteiger partial charge >= 0.3 is 0 Å². The van der Waals surface area contributed by atoms with Crippen molar-refractivity contribution in [2.45, 2.75) is 37.0 Å². The van der Waals surface area contributed by atoms with Gasteiger partial charge in [-0.3, -0.25) is 0 Å². The Morgan fingerprint density at radius 1 is 1.26 bits per heavy atom. The Labute approximate surface area is 130 Å². The highest BCUT2D eigenvalue weighted by Gasteiger charge is 2.12. The van der Waals surface area contributed by atoms with Crippen molar-refractivity contribution in [1.29, 1.82) is 0 Å². The summed E-state index contributed by atoms with van der Waals surface area (Å²) in [6.45, 7) is 6.35. The summed E-state index contributed by atoms with van der Waals surface area (Å²) in [6.07, 6.45) is 0. The number of thioether (sulfide) groups is 1. The molecule has 0 unspecified atom stereocenters. The van der Waals surface area contributed by atoms with Crippen molar-refractivity contribution in [1.82, 2.24) is 9.36 Å². The highest BCUT2D eigenvalue weighted by molar-refractivity contribution is 9.10. The summed E-state index contributed by atoms with van der Waals surface area (Å²) in [4.78, 5) is 5.72. The lowest BCUT2D eigenvalue weighted by molar-refractivity contribution is 0.633. The van der Waals surface area contributed by atoms with Gasteiger partial charge in [-0.15, -0.1) is 11.8 Å². The molecule has 0 aliphatic rings. The van der Waals surface area contributed by atoms with Crippen LogP contribution < -0.4 is 5.32 Å². The van der Waals surface area contributed by atoms with Crippen LogP contribution in [0.5, 0.6) is 0 Å². The van der Waals surface area contributed by atoms with E-state index in [1.807, 2.05) is 12.1 Å². The van der Waals surface area contributed by atoms with E-state index >= 15 is 0 Å². The standard InChI is InChI=1S/C13H16BrN3S2/c1-13(2,3)16-12-15-11(17-19-12)8-18-10-6-4-9(14)5-7-10/h4-7H,8H2,1-3H3,(H,15,16,17). The number of anilines is 1. The van der Waals surface area contributed by atoms with Crippen LogP contribution in [0.25, 0.3) is 0 Å². The topological polar surface area (TPSA) is 37.8 Å². The molecule has 0 spiro atoms. The Hall–Kier alpha value is -0.590. The van der Waals surface area contributed by atoms with E-state index in [0.29, 0.717) is 0 Å². The Kier molecular flexibility index (Phi) is 4.86. The normalized spacial score (nSPS) is 11.6. The first-order chi connectivity index (χ1) is 8.92. The van der Waals surface area contributed by atoms with E-state index in [-0.39, 0.29) is 5.54 Å². The van der Waals surface area contributed by atoms with E-state index in [9.17, 15) is 0 Å². The maximum Gasteiger partial charge on any atom is 0.203 e. The van der Waals surface area contributed by atoms with Crippen molar-refractivity contribution in [3.05, 3.63) is 34.6 Å². The average molecular weight is 358 g/mol. The van der Waals surface area contributed by atoms with E-state index < -0.39 is 0 Å². The number of nitrogens with zero attached hydrogens (tertiary/aromatic N) is 2. The fraction of sp³-hybridized carbons (Fsp3) is 0.385. The first kappa shape index (κ1) is 14.8. The van der Waals surface area contributed by atoms with Gasteiger partial charge in [0.2, 0.25) is 5.13 Å². The Bertz CT molecular complexity index is 532. The van der Waals surface area contributed by atoms with E-state index in [0.717, 1.165) is 21.2 Å². The second-order valence-electron chi connectivity index (χ2n) is 5.13. The lowest BCUT2D eigenvalue weighted by Crippen LogP contribution is -2.25. The van der Waals surface area contributed by atoms with Crippen LogP contribution >= 0.6 is 39.2 Å². The average Bonchev–Trinajstić information content (AvgIpc) is 2.73. The molecule has 0 aliphatic carbocycles. The molecule has 0 saturated carbocycles. The van der Waals surface area contributed by atoms with Gasteiger partial charge < -0.3 is 5.32 Å². The maximum atomic E-state index is 4.49. The Morgan fingerprint density at radius 3 is 2.58 bits per heavy atom. The van der Waals surface area contributed by atoms with Gasteiger partial charge in [-0.1, -0.05) is 15.9 Å². The molecule has 2 aromatic rings. The molecule has 19 heavy (non-hydrogen) atoms. The predicted molar refractivity (Wildman–Crippen MR) is 87.0 cm³/mol. The lowest BCUT2D eigenvalue weighted by Gasteiger charge is -2.18. The fourth-order valence-corrected chi connectivity index (χ4v) is 3.26. The molecule has 1 N–H and O–H groups in total. The maximum absolute atomic E-state index is 4.49. The third-order valence-electron chi connectivity index (χ3n) is 2.13. The van der Waals surface area contributed by atoms with Crippen LogP contribution in [0.1, 0.15) is 26.6 Å². The first-order valence-electron chi connectivity index (χ1n) is 5.91. The van der Waals surface area contributed by atoms with Gasteiger partial charge in [0.05, 0.1) is 5.75 Å². The Balaban J connectivity index is 1.91. The second-order valence-corrected chi connectivity index (χ2v) is 7.85. The minimum atomic E-state index is 0.0235. The summed E-state index contributed by atoms with van der Waals surface area (Å²) in [5.74, 6) is 1.67. The van der Waals surface area contributed by atoms with Gasteiger partial charge in [0.1, 0.15) is 0 Å². The van der Waals surface area contributed by atoms with Crippen LogP contribution in [0.2, 0.25) is 0 Å². The second kappa shape index (κ2) is 6.24. The molecule has 102 valence electrons. The molecule has 0 aliphatic heterocycles. The number of hydrogen-bond donors (Lipinski definition) is 1. The van der Waals surface area contributed by atoms with Gasteiger partial charge in [-0.2, -0.15) is 4.37 Å². The van der Waals surface area contributed by atoms with Crippen molar-refractivity contribution >= 4 is 44.4 Å². The van der Waals surface area contributed by atoms with Crippen LogP contribution in [0.4, 0.5) is 5.13 Å². The number of rotatable bonds is 4. The molecule has 2 rings (SSSR count). The number of benzene rings is 1. The molecule has 0 radical (unpaired) electrons. The summed E-state index contributed by atoms with van der Waals surface area (Å²) in [7, 11) is 0. The smallest absolute Gasteiger partial charge is 0.203 e. The summed E-state index contributed by atoms with van der Waals surface area (Å²) in [5.41, 5.74) is 0.0235. The minimum Gasteiger partial charge on any atom is -0.356 e. The zero-order chi connectivity index (χ0) is 13.9. The van der Waals surface area contributed by atoms with Gasteiger partial charge in [-0.05, 0) is 45.0 Å². The van der Waals surface area contributed by atoms with Crippen molar-refractivity contribution < 1.29 is 0 Å². The molecule has 0 atom stereocenters. The fourth-order valence-electron chi connectivity index (χ4n) is 1.36. The Morgan fingerprint density at radius 2 is 1.95 bits per heavy atom. The molecule has 1 aromatic carbocycles. The van der Waals surface area contributed by atoms with Crippen LogP contribution in [0.3, 0.4) is 0 Å². The molecular formula is C13H16BrN3S2. The summed E-state index contributed by atoms with van der Waals surface area (Å²) in [6, 6.07) is 8.28. The van der Waals surface area contributed by atoms with E-state index in [1.54, 1.807) is 11.8 Å². The van der Waals surface area contributed by atoms with E-state index in [2.05, 4.69) is 63.5 Å². The van der Waals surface area contributed by atoms with Crippen molar-refractivity contribution in [3.63, 3.8) is 0 Å². The third-order valence-corrected chi connectivity index (χ3v) is 4.34. The molecule has 0 saturated heterocycles. The molecule has 1 aromatic heterocycles. The van der Waals surface area contributed by atoms with Gasteiger partial charge in [0.15, 0.2) is 5.82 Å². The lowest BCUT2D eigenvalue weighted by atomic mass is 10.1. The highest BCUT2D eigenvalue weighted by atomic mass is 79.9. The zero-order valence-corrected chi connectivity index (χ0v) is 14.3. The number of halogens is 1. The van der Waals surface area contributed by atoms with Crippen molar-refractivity contribution in [3.8, 4) is 0 Å². The van der Waals surface area contributed by atoms with Crippen molar-refractivity contribution in [2.75, 3.05) is 5.32 Å². The van der Waals surface area contributed by atoms with Gasteiger partial charge in [0, 0.05) is 26.4 Å². The summed E-state index contributed by atoms with van der Waals surface area (Å²) >= 11 is 6.60. The van der Waals surface area contributed by atoms with E-state index in [4.69, 9.17) is 0 Å². The molecule has 0 amide bonds. The molecular weight excluding hydrogens is 342 g/mol. The van der Waals surface area contributed by atoms with Crippen molar-refractivity contribution in [2.24, 2.45) is 0 Å². The third kappa shape index (κ3) is 5.12. The molecule has 6 heteroatoms. The number of hydrogen-bond acceptors (Lipinski definition) is 5. The number of nitrogens with one attached hydrogen (secondary N) is 1. The van der Waals surface area contributed by atoms with Crippen LogP contribution in [0.15, 0.2) is 33.6 Å². The van der Waals surface area contributed by atoms with Gasteiger partial charge in [0.25, 0.3) is 0 Å². The SMILES string of the molecule is CC(C)(C)Nc1nc(CSc2ccc(Br)cc2)ns1. The van der Waals surface area contributed by atoms with Crippen LogP contribution in [0, 0.1) is 0 Å². The highest BCUT2D eigenvalue weighted by Crippen LogP contribution is 2.25. The largest absolute Gasteiger partial charge is 0.356 e. The molecule has 1 heterocycles. The minimum absolute atomic E-state index is 0.0235. The molecule has 0 fully saturated rings. The molecule has 0 bridgehead atoms. The zero-order valence-electron chi connectivity index (χ0n) is 11.1. The summed E-state index contributed by atoms with van der Waals surface area (Å²) < 4.78 is 5.47. The van der Waals surface area contributed by atoms with Crippen LogP contribution in [-0.2, 0) is 5.75 Å². The first-order valence-corrected chi connectivity index (χ1v) is 8.47. The van der Waals surface area contributed by atoms with Crippen LogP contribution in [-0.4, -0.2) is 14.9 Å². The van der Waals surface area contributed by atoms with E-state index in [1.165, 1.54) is 16.4 Å². The quantitative estimate of drug-likeness (QED) is 0.797. The monoisotopic (exact) mass is 357 g/mol. The van der Waals surface area contributed by atoms with Gasteiger partial charge in [-0.25, -0.2) is 4.98 Å². The predicted octanol–water partition coefficient (Wildman–Crippen LogP) is 4.80. The number of aromatic nitrogens is 2. The summed E-state index contributed by atoms with van der Waals surface area (Å²) in [5, 5.41) is 4.22.